The maximum absolute atomic E-state index is 12.4. The lowest BCUT2D eigenvalue weighted by atomic mass is 10.2. The first-order valence-electron chi connectivity index (χ1n) is 7.25. The van der Waals surface area contributed by atoms with E-state index in [-0.39, 0.29) is 12.4 Å². The van der Waals surface area contributed by atoms with Gasteiger partial charge in [0.2, 0.25) is 0 Å². The topological polar surface area (TPSA) is 86.8 Å². The summed E-state index contributed by atoms with van der Waals surface area (Å²) in [6.45, 7) is 1.99. The van der Waals surface area contributed by atoms with E-state index in [1.54, 1.807) is 25.1 Å². The van der Waals surface area contributed by atoms with Crippen molar-refractivity contribution in [2.45, 2.75) is 6.92 Å². The van der Waals surface area contributed by atoms with Gasteiger partial charge in [0.15, 0.2) is 0 Å². The number of nitrogens with one attached hydrogen (secondary N) is 1. The molecule has 0 aliphatic carbocycles. The van der Waals surface area contributed by atoms with E-state index >= 15 is 0 Å². The van der Waals surface area contributed by atoms with Gasteiger partial charge < -0.3 is 19.5 Å². The monoisotopic (exact) mass is 330 g/mol. The lowest BCUT2D eigenvalue weighted by molar-refractivity contribution is 0.0526. The summed E-state index contributed by atoms with van der Waals surface area (Å²) in [5, 5.41) is 2.63. The van der Waals surface area contributed by atoms with E-state index in [4.69, 9.17) is 14.2 Å². The van der Waals surface area contributed by atoms with Gasteiger partial charge in [0, 0.05) is 17.8 Å². The van der Waals surface area contributed by atoms with Crippen LogP contribution in [0.1, 0.15) is 27.6 Å². The second kappa shape index (κ2) is 7.96. The fourth-order valence-electron chi connectivity index (χ4n) is 1.97. The molecule has 0 unspecified atom stereocenters. The summed E-state index contributed by atoms with van der Waals surface area (Å²) in [7, 11) is 3.00. The van der Waals surface area contributed by atoms with Gasteiger partial charge in [-0.25, -0.2) is 9.78 Å². The predicted octanol–water partition coefficient (Wildman–Crippen LogP) is 2.53. The van der Waals surface area contributed by atoms with Crippen LogP contribution in [0, 0.1) is 0 Å². The first-order chi connectivity index (χ1) is 11.6. The number of nitrogens with zero attached hydrogens (tertiary/aromatic N) is 1. The molecule has 0 saturated heterocycles. The maximum Gasteiger partial charge on any atom is 0.338 e. The second-order valence-electron chi connectivity index (χ2n) is 4.71. The van der Waals surface area contributed by atoms with Gasteiger partial charge in [0.05, 0.1) is 26.4 Å². The molecule has 1 aromatic carbocycles. The summed E-state index contributed by atoms with van der Waals surface area (Å²) in [6.07, 6.45) is 1.42. The number of ether oxygens (including phenoxy) is 3. The molecule has 2 aromatic rings. The number of anilines is 1. The third-order valence-corrected chi connectivity index (χ3v) is 3.13. The molecule has 0 fully saturated rings. The largest absolute Gasteiger partial charge is 0.497 e. The Hall–Kier alpha value is -3.09. The molecular formula is C17H18N2O5. The van der Waals surface area contributed by atoms with E-state index in [0.717, 1.165) is 0 Å². The number of rotatable bonds is 6. The Labute approximate surface area is 139 Å². The van der Waals surface area contributed by atoms with Gasteiger partial charge in [-0.05, 0) is 31.2 Å². The van der Waals surface area contributed by atoms with Crippen LogP contribution in [0.3, 0.4) is 0 Å². The van der Waals surface area contributed by atoms with Crippen LogP contribution in [0.15, 0.2) is 36.5 Å². The fourth-order valence-corrected chi connectivity index (χ4v) is 1.97. The summed E-state index contributed by atoms with van der Waals surface area (Å²) in [5.74, 6) is 0.354. The van der Waals surface area contributed by atoms with Crippen LogP contribution >= 0.6 is 0 Å². The zero-order chi connectivity index (χ0) is 17.5. The Balaban J connectivity index is 2.20. The highest BCUT2D eigenvalue weighted by molar-refractivity contribution is 6.04. The van der Waals surface area contributed by atoms with Crippen molar-refractivity contribution in [2.24, 2.45) is 0 Å². The van der Waals surface area contributed by atoms with Crippen LogP contribution in [0.2, 0.25) is 0 Å². The first-order valence-corrected chi connectivity index (χ1v) is 7.25. The Morgan fingerprint density at radius 1 is 1.04 bits per heavy atom. The number of methoxy groups -OCH3 is 2. The van der Waals surface area contributed by atoms with E-state index in [0.29, 0.717) is 22.6 Å². The molecule has 7 nitrogen and oxygen atoms in total. The molecule has 24 heavy (non-hydrogen) atoms. The van der Waals surface area contributed by atoms with Gasteiger partial charge in [-0.15, -0.1) is 0 Å². The van der Waals surface area contributed by atoms with Crippen LogP contribution in [0.5, 0.6) is 11.5 Å². The zero-order valence-electron chi connectivity index (χ0n) is 13.7. The van der Waals surface area contributed by atoms with Crippen LogP contribution in [-0.2, 0) is 4.74 Å². The molecule has 1 amide bonds. The van der Waals surface area contributed by atoms with E-state index in [2.05, 4.69) is 10.3 Å². The van der Waals surface area contributed by atoms with Crippen molar-refractivity contribution in [2.75, 3.05) is 26.1 Å². The van der Waals surface area contributed by atoms with Gasteiger partial charge in [-0.3, -0.25) is 4.79 Å². The van der Waals surface area contributed by atoms with Crippen molar-refractivity contribution >= 4 is 17.7 Å². The van der Waals surface area contributed by atoms with E-state index < -0.39 is 11.9 Å². The average Bonchev–Trinajstić information content (AvgIpc) is 2.61. The normalized spacial score (nSPS) is 9.96. The highest BCUT2D eigenvalue weighted by Gasteiger charge is 2.13. The summed E-state index contributed by atoms with van der Waals surface area (Å²) in [5.41, 5.74) is 0.653. The number of pyridine rings is 1. The lowest BCUT2D eigenvalue weighted by Gasteiger charge is -2.09. The molecule has 1 N–H and O–H groups in total. The molecule has 0 aliphatic rings. The van der Waals surface area contributed by atoms with Crippen molar-refractivity contribution in [1.82, 2.24) is 4.98 Å². The second-order valence-corrected chi connectivity index (χ2v) is 4.71. The molecule has 7 heteroatoms. The SMILES string of the molecule is CCOC(=O)c1ccnc(NC(=O)c2cc(OC)cc(OC)c2)c1. The Morgan fingerprint density at radius 3 is 2.29 bits per heavy atom. The molecule has 2 rings (SSSR count). The lowest BCUT2D eigenvalue weighted by Crippen LogP contribution is -2.14. The third kappa shape index (κ3) is 4.22. The molecule has 0 aliphatic heterocycles. The molecule has 126 valence electrons. The number of esters is 1. The van der Waals surface area contributed by atoms with Crippen molar-refractivity contribution in [1.29, 1.82) is 0 Å². The zero-order valence-corrected chi connectivity index (χ0v) is 13.7. The Kier molecular flexibility index (Phi) is 5.73. The summed E-state index contributed by atoms with van der Waals surface area (Å²) < 4.78 is 15.2. The van der Waals surface area contributed by atoms with Crippen LogP contribution in [-0.4, -0.2) is 37.7 Å². The van der Waals surface area contributed by atoms with Crippen molar-refractivity contribution in [3.05, 3.63) is 47.7 Å². The number of hydrogen-bond acceptors (Lipinski definition) is 6. The molecule has 0 spiro atoms. The standard InChI is InChI=1S/C17H18N2O5/c1-4-24-17(21)11-5-6-18-15(9-11)19-16(20)12-7-13(22-2)10-14(8-12)23-3/h5-10H,4H2,1-3H3,(H,18,19,20). The van der Waals surface area contributed by atoms with E-state index in [1.165, 1.54) is 32.5 Å². The quantitative estimate of drug-likeness (QED) is 0.819. The van der Waals surface area contributed by atoms with Crippen molar-refractivity contribution in [3.8, 4) is 11.5 Å². The molecular weight excluding hydrogens is 312 g/mol. The van der Waals surface area contributed by atoms with E-state index in [1.807, 2.05) is 0 Å². The first kappa shape index (κ1) is 17.3. The Bertz CT molecular complexity index is 723. The number of hydrogen-bond donors (Lipinski definition) is 1. The molecule has 0 radical (unpaired) electrons. The van der Waals surface area contributed by atoms with Crippen LogP contribution < -0.4 is 14.8 Å². The smallest absolute Gasteiger partial charge is 0.338 e. The predicted molar refractivity (Wildman–Crippen MR) is 87.7 cm³/mol. The van der Waals surface area contributed by atoms with Gasteiger partial charge in [-0.2, -0.15) is 0 Å². The number of carbonyl (C=O) groups is 2. The minimum absolute atomic E-state index is 0.243. The van der Waals surface area contributed by atoms with Gasteiger partial charge >= 0.3 is 5.97 Å². The molecule has 1 aromatic heterocycles. The minimum Gasteiger partial charge on any atom is -0.497 e. The van der Waals surface area contributed by atoms with Crippen molar-refractivity contribution in [3.63, 3.8) is 0 Å². The highest BCUT2D eigenvalue weighted by Crippen LogP contribution is 2.23. The summed E-state index contributed by atoms with van der Waals surface area (Å²) in [4.78, 5) is 28.1. The third-order valence-electron chi connectivity index (χ3n) is 3.13. The number of aromatic nitrogens is 1. The molecule has 1 heterocycles. The number of amides is 1. The number of benzene rings is 1. The number of carbonyl (C=O) groups excluding carboxylic acids is 2. The van der Waals surface area contributed by atoms with E-state index in [9.17, 15) is 9.59 Å². The highest BCUT2D eigenvalue weighted by atomic mass is 16.5. The maximum atomic E-state index is 12.4. The van der Waals surface area contributed by atoms with Gasteiger partial charge in [-0.1, -0.05) is 0 Å². The molecule has 0 bridgehead atoms. The summed E-state index contributed by atoms with van der Waals surface area (Å²) in [6, 6.07) is 7.78. The minimum atomic E-state index is -0.474. The van der Waals surface area contributed by atoms with Crippen LogP contribution in [0.4, 0.5) is 5.82 Å². The van der Waals surface area contributed by atoms with Crippen molar-refractivity contribution < 1.29 is 23.8 Å². The molecule has 0 saturated carbocycles. The van der Waals surface area contributed by atoms with Gasteiger partial charge in [0.1, 0.15) is 17.3 Å². The average molecular weight is 330 g/mol. The Morgan fingerprint density at radius 2 is 1.71 bits per heavy atom. The molecule has 0 atom stereocenters. The van der Waals surface area contributed by atoms with Crippen LogP contribution in [0.25, 0.3) is 0 Å². The summed E-state index contributed by atoms with van der Waals surface area (Å²) >= 11 is 0. The fraction of sp³-hybridized carbons (Fsp3) is 0.235. The van der Waals surface area contributed by atoms with Gasteiger partial charge in [0.25, 0.3) is 5.91 Å².